The Morgan fingerprint density at radius 1 is 1.30 bits per heavy atom. The van der Waals surface area contributed by atoms with Crippen molar-refractivity contribution >= 4 is 29.3 Å². The molecular formula is C22H30N6OS. The van der Waals surface area contributed by atoms with E-state index in [1.54, 1.807) is 10.9 Å². The van der Waals surface area contributed by atoms with E-state index in [4.69, 9.17) is 0 Å². The normalized spacial score (nSPS) is 18.1. The van der Waals surface area contributed by atoms with Gasteiger partial charge in [-0.3, -0.25) is 4.79 Å². The molecule has 1 amide bonds. The maximum absolute atomic E-state index is 13.3. The highest BCUT2D eigenvalue weighted by Gasteiger charge is 2.31. The van der Waals surface area contributed by atoms with Gasteiger partial charge in [0.05, 0.1) is 6.20 Å². The van der Waals surface area contributed by atoms with Crippen molar-refractivity contribution in [3.8, 4) is 10.6 Å². The fourth-order valence-electron chi connectivity index (χ4n) is 4.18. The van der Waals surface area contributed by atoms with Crippen LogP contribution in [0.4, 0.5) is 0 Å². The molecule has 0 radical (unpaired) electrons. The third-order valence-corrected chi connectivity index (χ3v) is 6.71. The van der Waals surface area contributed by atoms with E-state index in [0.717, 1.165) is 61.7 Å². The molecule has 0 atom stereocenters. The number of hydrogen-bond donors (Lipinski definition) is 0. The molecule has 4 rings (SSSR count). The molecule has 0 aliphatic carbocycles. The number of rotatable bonds is 6. The molecule has 2 aliphatic heterocycles. The summed E-state index contributed by atoms with van der Waals surface area (Å²) in [5, 5.41) is 7.12. The van der Waals surface area contributed by atoms with E-state index in [1.807, 2.05) is 22.7 Å². The Labute approximate surface area is 182 Å². The maximum Gasteiger partial charge on any atom is 0.273 e. The first-order chi connectivity index (χ1) is 14.6. The van der Waals surface area contributed by atoms with Gasteiger partial charge >= 0.3 is 0 Å². The molecule has 0 unspecified atom stereocenters. The van der Waals surface area contributed by atoms with Crippen molar-refractivity contribution < 1.29 is 4.79 Å². The molecule has 2 aromatic rings. The smallest absolute Gasteiger partial charge is 0.273 e. The number of piperidine rings is 1. The van der Waals surface area contributed by atoms with Gasteiger partial charge in [-0.1, -0.05) is 6.92 Å². The van der Waals surface area contributed by atoms with Crippen LogP contribution in [0, 0.1) is 0 Å². The predicted molar refractivity (Wildman–Crippen MR) is 122 cm³/mol. The van der Waals surface area contributed by atoms with Gasteiger partial charge in [0, 0.05) is 48.5 Å². The third kappa shape index (κ3) is 4.39. The number of nitrogens with zero attached hydrogens (tertiary/aromatic N) is 6. The number of thiazole rings is 1. The van der Waals surface area contributed by atoms with Crippen molar-refractivity contribution in [2.45, 2.75) is 58.5 Å². The monoisotopic (exact) mass is 426 g/mol. The van der Waals surface area contributed by atoms with Crippen LogP contribution in [0.3, 0.4) is 0 Å². The van der Waals surface area contributed by atoms with Crippen molar-refractivity contribution in [2.24, 2.45) is 4.99 Å². The summed E-state index contributed by atoms with van der Waals surface area (Å²) in [7, 11) is 0. The number of aliphatic imine (C=N–C) groups is 1. The Morgan fingerprint density at radius 3 is 2.77 bits per heavy atom. The highest BCUT2D eigenvalue weighted by atomic mass is 32.1. The quantitative estimate of drug-likeness (QED) is 0.700. The Hall–Kier alpha value is -2.32. The molecule has 2 aliphatic rings. The number of likely N-dealkylation sites (tertiary alicyclic amines) is 1. The first-order valence-electron chi connectivity index (χ1n) is 10.9. The highest BCUT2D eigenvalue weighted by Crippen LogP contribution is 2.27. The molecule has 7 nitrogen and oxygen atoms in total. The number of carbonyl (C=O) groups is 1. The second-order valence-electron chi connectivity index (χ2n) is 8.13. The van der Waals surface area contributed by atoms with E-state index >= 15 is 0 Å². The van der Waals surface area contributed by atoms with Crippen LogP contribution < -0.4 is 0 Å². The Kier molecular flexibility index (Phi) is 6.43. The van der Waals surface area contributed by atoms with Gasteiger partial charge in [-0.05, 0) is 52.2 Å². The molecule has 1 fully saturated rings. The average Bonchev–Trinajstić information content (AvgIpc) is 3.44. The average molecular weight is 427 g/mol. The SMILES string of the molecule is CCN1CCC(N(C(=O)c2csc(-c3cnn(C4=CCCC=N4)c3)n2)C(C)C)CC1. The van der Waals surface area contributed by atoms with Gasteiger partial charge in [-0.25, -0.2) is 14.7 Å². The summed E-state index contributed by atoms with van der Waals surface area (Å²) in [5.74, 6) is 0.874. The van der Waals surface area contributed by atoms with Crippen LogP contribution in [0.15, 0.2) is 28.8 Å². The molecule has 0 saturated carbocycles. The van der Waals surface area contributed by atoms with E-state index in [9.17, 15) is 4.79 Å². The van der Waals surface area contributed by atoms with Gasteiger partial charge in [-0.15, -0.1) is 11.3 Å². The van der Waals surface area contributed by atoms with Gasteiger partial charge < -0.3 is 9.80 Å². The minimum atomic E-state index is 0.0365. The van der Waals surface area contributed by atoms with Gasteiger partial charge in [0.1, 0.15) is 16.5 Å². The summed E-state index contributed by atoms with van der Waals surface area (Å²) >= 11 is 1.49. The summed E-state index contributed by atoms with van der Waals surface area (Å²) in [6.45, 7) is 9.57. The first-order valence-corrected chi connectivity index (χ1v) is 11.7. The lowest BCUT2D eigenvalue weighted by Crippen LogP contribution is -2.50. The lowest BCUT2D eigenvalue weighted by atomic mass is 10.0. The fourth-order valence-corrected chi connectivity index (χ4v) is 4.95. The fraction of sp³-hybridized carbons (Fsp3) is 0.545. The van der Waals surface area contributed by atoms with Crippen molar-refractivity contribution in [1.29, 1.82) is 0 Å². The Balaban J connectivity index is 1.50. The first kappa shape index (κ1) is 20.9. The maximum atomic E-state index is 13.3. The number of aromatic nitrogens is 3. The van der Waals surface area contributed by atoms with Crippen LogP contribution in [0.25, 0.3) is 16.4 Å². The third-order valence-electron chi connectivity index (χ3n) is 5.82. The minimum Gasteiger partial charge on any atom is -0.332 e. The van der Waals surface area contributed by atoms with E-state index in [1.165, 1.54) is 11.3 Å². The van der Waals surface area contributed by atoms with Gasteiger partial charge in [-0.2, -0.15) is 5.10 Å². The molecule has 4 heterocycles. The number of allylic oxidation sites excluding steroid dienone is 1. The zero-order valence-corrected chi connectivity index (χ0v) is 18.8. The topological polar surface area (TPSA) is 66.6 Å². The van der Waals surface area contributed by atoms with Gasteiger partial charge in [0.25, 0.3) is 5.91 Å². The lowest BCUT2D eigenvalue weighted by Gasteiger charge is -2.40. The molecular weight excluding hydrogens is 396 g/mol. The van der Waals surface area contributed by atoms with Gasteiger partial charge in [0.15, 0.2) is 0 Å². The zero-order valence-electron chi connectivity index (χ0n) is 18.0. The van der Waals surface area contributed by atoms with E-state index in [-0.39, 0.29) is 18.0 Å². The molecule has 0 bridgehead atoms. The molecule has 1 saturated heterocycles. The molecule has 0 aromatic carbocycles. The van der Waals surface area contributed by atoms with Crippen molar-refractivity contribution in [3.05, 3.63) is 29.5 Å². The lowest BCUT2D eigenvalue weighted by molar-refractivity contribution is 0.0485. The largest absolute Gasteiger partial charge is 0.332 e. The second-order valence-corrected chi connectivity index (χ2v) is 8.99. The van der Waals surface area contributed by atoms with Crippen molar-refractivity contribution in [2.75, 3.05) is 19.6 Å². The number of hydrogen-bond acceptors (Lipinski definition) is 6. The molecule has 0 N–H and O–H groups in total. The zero-order chi connectivity index (χ0) is 21.1. The second kappa shape index (κ2) is 9.22. The van der Waals surface area contributed by atoms with E-state index in [2.05, 4.69) is 46.8 Å². The summed E-state index contributed by atoms with van der Waals surface area (Å²) in [5.41, 5.74) is 1.44. The van der Waals surface area contributed by atoms with E-state index < -0.39 is 0 Å². The standard InChI is InChI=1S/C22H30N6OS/c1-4-26-11-8-18(9-12-26)28(16(2)3)22(29)19-15-30-21(25-19)17-13-24-27(14-17)20-7-5-6-10-23-20/h7,10,13-16,18H,4-6,8-9,11-12H2,1-3H3. The summed E-state index contributed by atoms with van der Waals surface area (Å²) < 4.78 is 1.77. The molecule has 2 aromatic heterocycles. The highest BCUT2D eigenvalue weighted by molar-refractivity contribution is 7.13. The number of carbonyl (C=O) groups excluding carboxylic acids is 1. The number of amides is 1. The van der Waals surface area contributed by atoms with Crippen LogP contribution in [0.2, 0.25) is 0 Å². The minimum absolute atomic E-state index is 0.0365. The Morgan fingerprint density at radius 2 is 2.10 bits per heavy atom. The van der Waals surface area contributed by atoms with Gasteiger partial charge in [0.2, 0.25) is 0 Å². The van der Waals surface area contributed by atoms with Crippen LogP contribution in [0.1, 0.15) is 56.9 Å². The molecule has 30 heavy (non-hydrogen) atoms. The van der Waals surface area contributed by atoms with Crippen LogP contribution in [0.5, 0.6) is 0 Å². The van der Waals surface area contributed by atoms with Crippen LogP contribution in [-0.2, 0) is 0 Å². The summed E-state index contributed by atoms with van der Waals surface area (Å²) in [6, 6.07) is 0.434. The van der Waals surface area contributed by atoms with Crippen molar-refractivity contribution in [1.82, 2.24) is 24.6 Å². The molecule has 160 valence electrons. The van der Waals surface area contributed by atoms with Crippen molar-refractivity contribution in [3.63, 3.8) is 0 Å². The van der Waals surface area contributed by atoms with Crippen LogP contribution in [-0.4, -0.2) is 68.4 Å². The van der Waals surface area contributed by atoms with E-state index in [0.29, 0.717) is 5.69 Å². The predicted octanol–water partition coefficient (Wildman–Crippen LogP) is 4.00. The van der Waals surface area contributed by atoms with Crippen LogP contribution >= 0.6 is 11.3 Å². The summed E-state index contributed by atoms with van der Waals surface area (Å²) in [4.78, 5) is 26.9. The Bertz CT molecular complexity index is 935. The molecule has 0 spiro atoms. The summed E-state index contributed by atoms with van der Waals surface area (Å²) in [6.07, 6.45) is 11.7. The molecule has 8 heteroatoms.